The Morgan fingerprint density at radius 3 is 2.38 bits per heavy atom. The Kier molecular flexibility index (Phi) is 4.00. The monoisotopic (exact) mass is 318 g/mol. The van der Waals surface area contributed by atoms with Gasteiger partial charge in [-0.2, -0.15) is 0 Å². The molecular formula is C11H9F3N4O2S. The lowest BCUT2D eigenvalue weighted by Gasteiger charge is -2.12. The summed E-state index contributed by atoms with van der Waals surface area (Å²) in [7, 11) is -4.29. The molecule has 10 heteroatoms. The fourth-order valence-electron chi connectivity index (χ4n) is 1.51. The van der Waals surface area contributed by atoms with Crippen LogP contribution < -0.4 is 16.0 Å². The molecule has 0 saturated carbocycles. The van der Waals surface area contributed by atoms with Crippen molar-refractivity contribution in [3.8, 4) is 0 Å². The van der Waals surface area contributed by atoms with E-state index < -0.39 is 33.2 Å². The zero-order chi connectivity index (χ0) is 15.6. The maximum absolute atomic E-state index is 13.5. The van der Waals surface area contributed by atoms with Gasteiger partial charge in [-0.3, -0.25) is 15.5 Å². The Bertz CT molecular complexity index is 783. The summed E-state index contributed by atoms with van der Waals surface area (Å²) in [5.41, 5.74) is 1.40. The van der Waals surface area contributed by atoms with Crippen molar-refractivity contribution < 1.29 is 21.6 Å². The van der Waals surface area contributed by atoms with Crippen LogP contribution in [0.3, 0.4) is 0 Å². The third-order valence-corrected chi connectivity index (χ3v) is 3.88. The van der Waals surface area contributed by atoms with Crippen LogP contribution in [0.15, 0.2) is 35.5 Å². The van der Waals surface area contributed by atoms with E-state index in [2.05, 4.69) is 10.4 Å². The number of halogens is 3. The normalized spacial score (nSPS) is 11.2. The van der Waals surface area contributed by atoms with Gasteiger partial charge in [-0.1, -0.05) is 0 Å². The largest absolute Gasteiger partial charge is 0.323 e. The Labute approximate surface area is 117 Å². The summed E-state index contributed by atoms with van der Waals surface area (Å²) in [6.45, 7) is 0. The van der Waals surface area contributed by atoms with Gasteiger partial charge in [0.1, 0.15) is 10.7 Å². The quantitative estimate of drug-likeness (QED) is 0.452. The number of hydrazine groups is 1. The SMILES string of the molecule is NNc1ccncc1S(=O)(=O)Nc1cc(F)c(F)cc1F. The van der Waals surface area contributed by atoms with Crippen LogP contribution in [-0.4, -0.2) is 13.4 Å². The highest BCUT2D eigenvalue weighted by molar-refractivity contribution is 7.92. The second-order valence-corrected chi connectivity index (χ2v) is 5.52. The molecule has 0 aliphatic heterocycles. The molecule has 0 fully saturated rings. The van der Waals surface area contributed by atoms with Gasteiger partial charge < -0.3 is 5.43 Å². The van der Waals surface area contributed by atoms with Gasteiger partial charge in [0, 0.05) is 24.5 Å². The second-order valence-electron chi connectivity index (χ2n) is 3.87. The van der Waals surface area contributed by atoms with E-state index in [1.165, 1.54) is 12.3 Å². The molecule has 6 nitrogen and oxygen atoms in total. The first kappa shape index (κ1) is 15.1. The van der Waals surface area contributed by atoms with E-state index in [1.807, 2.05) is 0 Å². The van der Waals surface area contributed by atoms with E-state index in [0.29, 0.717) is 6.07 Å². The number of nitrogens with zero attached hydrogens (tertiary/aromatic N) is 1. The number of nitrogen functional groups attached to an aromatic ring is 1. The Hall–Kier alpha value is -2.33. The minimum atomic E-state index is -4.29. The molecular weight excluding hydrogens is 309 g/mol. The van der Waals surface area contributed by atoms with Crippen LogP contribution in [0.4, 0.5) is 24.5 Å². The lowest BCUT2D eigenvalue weighted by Crippen LogP contribution is -2.18. The van der Waals surface area contributed by atoms with Crippen molar-refractivity contribution in [2.75, 3.05) is 10.1 Å². The third kappa shape index (κ3) is 3.06. The van der Waals surface area contributed by atoms with Crippen LogP contribution in [0.25, 0.3) is 0 Å². The predicted molar refractivity (Wildman–Crippen MR) is 69.2 cm³/mol. The highest BCUT2D eigenvalue weighted by atomic mass is 32.2. The van der Waals surface area contributed by atoms with E-state index in [-0.39, 0.29) is 16.6 Å². The number of hydrogen-bond donors (Lipinski definition) is 3. The lowest BCUT2D eigenvalue weighted by atomic mass is 10.3. The van der Waals surface area contributed by atoms with Gasteiger partial charge in [0.2, 0.25) is 0 Å². The zero-order valence-corrected chi connectivity index (χ0v) is 11.1. The van der Waals surface area contributed by atoms with Gasteiger partial charge in [0.05, 0.1) is 11.4 Å². The zero-order valence-electron chi connectivity index (χ0n) is 10.3. The van der Waals surface area contributed by atoms with Crippen LogP contribution in [0.2, 0.25) is 0 Å². The highest BCUT2D eigenvalue weighted by Gasteiger charge is 2.21. The van der Waals surface area contributed by atoms with Crippen molar-refractivity contribution in [1.29, 1.82) is 0 Å². The first-order chi connectivity index (χ1) is 9.85. The lowest BCUT2D eigenvalue weighted by molar-refractivity contribution is 0.496. The van der Waals surface area contributed by atoms with Gasteiger partial charge >= 0.3 is 0 Å². The fourth-order valence-corrected chi connectivity index (χ4v) is 2.69. The topological polar surface area (TPSA) is 97.1 Å². The predicted octanol–water partition coefficient (Wildman–Crippen LogP) is 1.59. The molecule has 21 heavy (non-hydrogen) atoms. The van der Waals surface area contributed by atoms with Gasteiger partial charge in [-0.05, 0) is 6.07 Å². The summed E-state index contributed by atoms with van der Waals surface area (Å²) in [5, 5.41) is 0. The number of nitrogens with one attached hydrogen (secondary N) is 2. The van der Waals surface area contributed by atoms with Crippen LogP contribution >= 0.6 is 0 Å². The van der Waals surface area contributed by atoms with Crippen LogP contribution in [-0.2, 0) is 10.0 Å². The molecule has 1 aromatic heterocycles. The van der Waals surface area contributed by atoms with Crippen molar-refractivity contribution in [2.24, 2.45) is 5.84 Å². The molecule has 0 aliphatic rings. The molecule has 2 aromatic rings. The minimum Gasteiger partial charge on any atom is -0.323 e. The molecule has 0 atom stereocenters. The molecule has 1 aromatic carbocycles. The summed E-state index contributed by atoms with van der Waals surface area (Å²) >= 11 is 0. The smallest absolute Gasteiger partial charge is 0.265 e. The Morgan fingerprint density at radius 2 is 1.71 bits per heavy atom. The van der Waals surface area contributed by atoms with E-state index in [0.717, 1.165) is 6.20 Å². The first-order valence-corrected chi connectivity index (χ1v) is 6.91. The van der Waals surface area contributed by atoms with Crippen molar-refractivity contribution in [2.45, 2.75) is 4.90 Å². The highest BCUT2D eigenvalue weighted by Crippen LogP contribution is 2.24. The van der Waals surface area contributed by atoms with E-state index in [1.54, 1.807) is 4.72 Å². The number of hydrogen-bond acceptors (Lipinski definition) is 5. The van der Waals surface area contributed by atoms with E-state index in [9.17, 15) is 21.6 Å². The summed E-state index contributed by atoms with van der Waals surface area (Å²) < 4.78 is 65.3. The first-order valence-electron chi connectivity index (χ1n) is 5.43. The molecule has 1 heterocycles. The number of nitrogens with two attached hydrogens (primary N) is 1. The average Bonchev–Trinajstić information content (AvgIpc) is 2.44. The molecule has 0 unspecified atom stereocenters. The molecule has 0 saturated heterocycles. The minimum absolute atomic E-state index is 0.000455. The molecule has 4 N–H and O–H groups in total. The molecule has 0 bridgehead atoms. The van der Waals surface area contributed by atoms with Gasteiger partial charge in [-0.15, -0.1) is 0 Å². The summed E-state index contributed by atoms with van der Waals surface area (Å²) in [6.07, 6.45) is 2.25. The number of anilines is 2. The van der Waals surface area contributed by atoms with Crippen LogP contribution in [0, 0.1) is 17.5 Å². The molecule has 0 amide bonds. The standard InChI is InChI=1S/C11H9F3N4O2S/c12-6-3-8(14)10(4-7(6)13)18-21(19,20)11-5-16-2-1-9(11)17-15/h1-5,18H,15H2,(H,16,17). The fraction of sp³-hybridized carbons (Fsp3) is 0. The van der Waals surface area contributed by atoms with E-state index >= 15 is 0 Å². The van der Waals surface area contributed by atoms with Crippen LogP contribution in [0.5, 0.6) is 0 Å². The summed E-state index contributed by atoms with van der Waals surface area (Å²) in [6, 6.07) is 1.91. The summed E-state index contributed by atoms with van der Waals surface area (Å²) in [5.74, 6) is 1.08. The summed E-state index contributed by atoms with van der Waals surface area (Å²) in [4.78, 5) is 3.23. The van der Waals surface area contributed by atoms with Crippen molar-refractivity contribution >= 4 is 21.4 Å². The molecule has 112 valence electrons. The second kappa shape index (κ2) is 5.58. The van der Waals surface area contributed by atoms with Crippen molar-refractivity contribution in [3.05, 3.63) is 48.0 Å². The average molecular weight is 318 g/mol. The Balaban J connectivity index is 2.45. The van der Waals surface area contributed by atoms with Gasteiger partial charge in [0.25, 0.3) is 10.0 Å². The number of benzene rings is 1. The van der Waals surface area contributed by atoms with Crippen molar-refractivity contribution in [3.63, 3.8) is 0 Å². The van der Waals surface area contributed by atoms with E-state index in [4.69, 9.17) is 5.84 Å². The maximum atomic E-state index is 13.5. The molecule has 0 radical (unpaired) electrons. The third-order valence-electron chi connectivity index (χ3n) is 2.48. The Morgan fingerprint density at radius 1 is 1.05 bits per heavy atom. The molecule has 0 aliphatic carbocycles. The number of sulfonamides is 1. The number of rotatable bonds is 4. The number of pyridine rings is 1. The van der Waals surface area contributed by atoms with Crippen molar-refractivity contribution in [1.82, 2.24) is 4.98 Å². The maximum Gasteiger partial charge on any atom is 0.265 e. The van der Waals surface area contributed by atoms with Gasteiger partial charge in [0.15, 0.2) is 11.6 Å². The molecule has 2 rings (SSSR count). The van der Waals surface area contributed by atoms with Gasteiger partial charge in [-0.25, -0.2) is 21.6 Å². The van der Waals surface area contributed by atoms with Crippen LogP contribution in [0.1, 0.15) is 0 Å². The number of aromatic nitrogens is 1. The molecule has 0 spiro atoms.